The van der Waals surface area contributed by atoms with E-state index in [4.69, 9.17) is 4.74 Å². The minimum Gasteiger partial charge on any atom is -0.472 e. The van der Waals surface area contributed by atoms with Crippen LogP contribution in [0.25, 0.3) is 11.3 Å². The Hall–Kier alpha value is -3.90. The van der Waals surface area contributed by atoms with Crippen LogP contribution in [0.15, 0.2) is 70.7 Å². The van der Waals surface area contributed by atoms with E-state index in [1.807, 2.05) is 63.2 Å². The third-order valence-electron chi connectivity index (χ3n) is 6.83. The molecule has 4 aromatic rings. The van der Waals surface area contributed by atoms with Gasteiger partial charge in [0.2, 0.25) is 17.7 Å². The standard InChI is InChI=1S/C29H32N6O4S2/c1-19-8-10-23(11-9-19)40-18-27(36)35-13-12-22(16-35)39-26-14-25(28-20(2)6-5-7-21(28)3)31-29(32-26)33-41(37,38)24-15-30-34(4)17-24/h5-11,14-15,17,22H,12-13,16,18H2,1-4H3,(H,31,32,33). The number of sulfonamides is 1. The van der Waals surface area contributed by atoms with Gasteiger partial charge in [-0.2, -0.15) is 10.1 Å². The van der Waals surface area contributed by atoms with Crippen molar-refractivity contribution in [3.63, 3.8) is 0 Å². The summed E-state index contributed by atoms with van der Waals surface area (Å²) in [6.07, 6.45) is 3.01. The van der Waals surface area contributed by atoms with Crippen molar-refractivity contribution >= 4 is 33.6 Å². The second kappa shape index (κ2) is 11.9. The number of aromatic nitrogens is 4. The molecule has 1 amide bonds. The zero-order valence-electron chi connectivity index (χ0n) is 23.4. The van der Waals surface area contributed by atoms with Crippen LogP contribution in [0.1, 0.15) is 23.1 Å². The zero-order valence-corrected chi connectivity index (χ0v) is 25.0. The number of benzene rings is 2. The van der Waals surface area contributed by atoms with Gasteiger partial charge in [0.05, 0.1) is 24.2 Å². The maximum absolute atomic E-state index is 13.0. The van der Waals surface area contributed by atoms with E-state index in [-0.39, 0.29) is 28.7 Å². The average molecular weight is 593 g/mol. The van der Waals surface area contributed by atoms with Crippen LogP contribution < -0.4 is 9.46 Å². The number of rotatable bonds is 9. The van der Waals surface area contributed by atoms with Crippen molar-refractivity contribution in [1.82, 2.24) is 24.6 Å². The molecule has 1 saturated heterocycles. The number of hydrogen-bond donors (Lipinski definition) is 1. The van der Waals surface area contributed by atoms with Crippen molar-refractivity contribution in [2.45, 2.75) is 43.1 Å². The molecule has 1 aliphatic rings. The average Bonchev–Trinajstić information content (AvgIpc) is 3.57. The first kappa shape index (κ1) is 28.6. The Morgan fingerprint density at radius 1 is 1.10 bits per heavy atom. The highest BCUT2D eigenvalue weighted by molar-refractivity contribution is 8.00. The summed E-state index contributed by atoms with van der Waals surface area (Å²) in [5.74, 6) is 0.519. The molecule has 0 radical (unpaired) electrons. The number of anilines is 1. The molecule has 1 N–H and O–H groups in total. The number of aryl methyl sites for hydroxylation is 4. The number of thioether (sulfide) groups is 1. The first-order chi connectivity index (χ1) is 19.6. The van der Waals surface area contributed by atoms with Gasteiger partial charge < -0.3 is 9.64 Å². The molecule has 5 rings (SSSR count). The van der Waals surface area contributed by atoms with Gasteiger partial charge in [0, 0.05) is 42.7 Å². The van der Waals surface area contributed by atoms with Crippen molar-refractivity contribution < 1.29 is 17.9 Å². The molecule has 10 nitrogen and oxygen atoms in total. The van der Waals surface area contributed by atoms with Crippen LogP contribution in [0, 0.1) is 20.8 Å². The largest absolute Gasteiger partial charge is 0.472 e. The third-order valence-corrected chi connectivity index (χ3v) is 9.10. The van der Waals surface area contributed by atoms with E-state index in [0.29, 0.717) is 31.0 Å². The van der Waals surface area contributed by atoms with Gasteiger partial charge in [-0.15, -0.1) is 11.8 Å². The summed E-state index contributed by atoms with van der Waals surface area (Å²) in [6.45, 7) is 6.98. The maximum atomic E-state index is 13.0. The predicted octanol–water partition coefficient (Wildman–Crippen LogP) is 4.38. The van der Waals surface area contributed by atoms with Crippen LogP contribution in [0.4, 0.5) is 5.95 Å². The minimum absolute atomic E-state index is 0.00278. The molecule has 0 aliphatic carbocycles. The van der Waals surface area contributed by atoms with Crippen molar-refractivity contribution in [1.29, 1.82) is 0 Å². The Morgan fingerprint density at radius 3 is 2.51 bits per heavy atom. The van der Waals surface area contributed by atoms with E-state index < -0.39 is 10.0 Å². The molecule has 214 valence electrons. The molecule has 1 aliphatic heterocycles. The van der Waals surface area contributed by atoms with Crippen LogP contribution in [-0.4, -0.2) is 63.9 Å². The highest BCUT2D eigenvalue weighted by Crippen LogP contribution is 2.30. The summed E-state index contributed by atoms with van der Waals surface area (Å²) in [4.78, 5) is 24.7. The summed E-state index contributed by atoms with van der Waals surface area (Å²) >= 11 is 1.51. The van der Waals surface area contributed by atoms with E-state index in [1.54, 1.807) is 18.0 Å². The molecule has 0 spiro atoms. The Balaban J connectivity index is 1.34. The fourth-order valence-corrected chi connectivity index (χ4v) is 6.41. The summed E-state index contributed by atoms with van der Waals surface area (Å²) < 4.78 is 36.2. The lowest BCUT2D eigenvalue weighted by molar-refractivity contribution is -0.127. The third kappa shape index (κ3) is 6.88. The molecule has 3 heterocycles. The van der Waals surface area contributed by atoms with Crippen LogP contribution in [0.3, 0.4) is 0 Å². The molecule has 0 saturated carbocycles. The molecule has 0 bridgehead atoms. The van der Waals surface area contributed by atoms with Crippen molar-refractivity contribution in [3.8, 4) is 17.1 Å². The van der Waals surface area contributed by atoms with E-state index >= 15 is 0 Å². The molecule has 1 unspecified atom stereocenters. The molecular formula is C29H32N6O4S2. The summed E-state index contributed by atoms with van der Waals surface area (Å²) in [5, 5.41) is 3.95. The maximum Gasteiger partial charge on any atom is 0.267 e. The van der Waals surface area contributed by atoms with Crippen LogP contribution >= 0.6 is 11.8 Å². The van der Waals surface area contributed by atoms with Crippen LogP contribution in [-0.2, 0) is 21.9 Å². The topological polar surface area (TPSA) is 119 Å². The molecule has 1 fully saturated rings. The van der Waals surface area contributed by atoms with Gasteiger partial charge in [-0.05, 0) is 44.0 Å². The number of nitrogens with zero attached hydrogens (tertiary/aromatic N) is 5. The van der Waals surface area contributed by atoms with Gasteiger partial charge >= 0.3 is 0 Å². The van der Waals surface area contributed by atoms with Gasteiger partial charge in [0.25, 0.3) is 10.0 Å². The van der Waals surface area contributed by atoms with Crippen molar-refractivity contribution in [2.75, 3.05) is 23.6 Å². The zero-order chi connectivity index (χ0) is 29.1. The summed E-state index contributed by atoms with van der Waals surface area (Å²) in [7, 11) is -2.34. The highest BCUT2D eigenvalue weighted by atomic mass is 32.2. The van der Waals surface area contributed by atoms with Gasteiger partial charge in [0.1, 0.15) is 11.0 Å². The lowest BCUT2D eigenvalue weighted by Crippen LogP contribution is -2.32. The Morgan fingerprint density at radius 2 is 1.83 bits per heavy atom. The quantitative estimate of drug-likeness (QED) is 0.285. The second-order valence-electron chi connectivity index (χ2n) is 10.1. The van der Waals surface area contributed by atoms with E-state index in [0.717, 1.165) is 21.6 Å². The van der Waals surface area contributed by atoms with Gasteiger partial charge in [-0.1, -0.05) is 35.9 Å². The molecule has 2 aromatic carbocycles. The second-order valence-corrected chi connectivity index (χ2v) is 12.8. The molecule has 12 heteroatoms. The fourth-order valence-electron chi connectivity index (χ4n) is 4.69. The molecule has 41 heavy (non-hydrogen) atoms. The first-order valence-electron chi connectivity index (χ1n) is 13.2. The van der Waals surface area contributed by atoms with Crippen molar-refractivity contribution in [3.05, 3.63) is 77.6 Å². The molecule has 2 aromatic heterocycles. The van der Waals surface area contributed by atoms with Gasteiger partial charge in [-0.25, -0.2) is 18.1 Å². The molecule has 1 atom stereocenters. The van der Waals surface area contributed by atoms with Crippen LogP contribution in [0.5, 0.6) is 5.88 Å². The number of nitrogens with one attached hydrogen (secondary N) is 1. The highest BCUT2D eigenvalue weighted by Gasteiger charge is 2.29. The van der Waals surface area contributed by atoms with E-state index in [2.05, 4.69) is 19.8 Å². The smallest absolute Gasteiger partial charge is 0.267 e. The first-order valence-corrected chi connectivity index (χ1v) is 15.7. The van der Waals surface area contributed by atoms with Crippen molar-refractivity contribution in [2.24, 2.45) is 7.05 Å². The Kier molecular flexibility index (Phi) is 8.32. The number of carbonyl (C=O) groups excluding carboxylic acids is 1. The van der Waals surface area contributed by atoms with Crippen LogP contribution in [0.2, 0.25) is 0 Å². The lowest BCUT2D eigenvalue weighted by Gasteiger charge is -2.18. The van der Waals surface area contributed by atoms with Gasteiger partial charge in [0.15, 0.2) is 0 Å². The Labute approximate surface area is 244 Å². The number of amides is 1. The van der Waals surface area contributed by atoms with E-state index in [1.165, 1.54) is 34.4 Å². The number of hydrogen-bond acceptors (Lipinski definition) is 8. The SMILES string of the molecule is Cc1ccc(SCC(=O)N2CCC(Oc3cc(-c4c(C)cccc4C)nc(NS(=O)(=O)c4cnn(C)c4)n3)C2)cc1. The normalized spacial score (nSPS) is 15.2. The summed E-state index contributed by atoms with van der Waals surface area (Å²) in [5.41, 5.74) is 4.56. The Bertz CT molecular complexity index is 1650. The minimum atomic E-state index is -3.98. The lowest BCUT2D eigenvalue weighted by atomic mass is 10.00. The molecular weight excluding hydrogens is 560 g/mol. The van der Waals surface area contributed by atoms with E-state index in [9.17, 15) is 13.2 Å². The fraction of sp³-hybridized carbons (Fsp3) is 0.310. The number of carbonyl (C=O) groups is 1. The van der Waals surface area contributed by atoms with Gasteiger partial charge in [-0.3, -0.25) is 9.48 Å². The number of likely N-dealkylation sites (tertiary alicyclic amines) is 1. The predicted molar refractivity (Wildman–Crippen MR) is 158 cm³/mol. The monoisotopic (exact) mass is 592 g/mol. The summed E-state index contributed by atoms with van der Waals surface area (Å²) in [6, 6.07) is 15.7. The number of ether oxygens (including phenoxy) is 1.